The second-order valence-electron chi connectivity index (χ2n) is 5.28. The number of halogens is 1. The zero-order valence-corrected chi connectivity index (χ0v) is 16.6. The monoisotopic (exact) mass is 433 g/mol. The Bertz CT molecular complexity index is 503. The van der Waals surface area contributed by atoms with Gasteiger partial charge in [-0.2, -0.15) is 0 Å². The van der Waals surface area contributed by atoms with E-state index in [2.05, 4.69) is 17.1 Å². The van der Waals surface area contributed by atoms with E-state index in [0.717, 1.165) is 42.7 Å². The summed E-state index contributed by atoms with van der Waals surface area (Å²) in [6.45, 7) is 8.43. The number of nitrogens with zero attached hydrogens (tertiary/aromatic N) is 2. The standard InChI is InChI=1S/C17H27N3O2.HI/c1-4-18-17(20-10-6-7-11-20)19-13-14-8-9-15(22-5-2)16(12-14)21-3;/h8-9,12H,4-7,10-11,13H2,1-3H3,(H,18,19);1H. The smallest absolute Gasteiger partial charge is 0.194 e. The molecule has 0 atom stereocenters. The summed E-state index contributed by atoms with van der Waals surface area (Å²) in [5, 5.41) is 3.38. The Kier molecular flexibility index (Phi) is 9.13. The summed E-state index contributed by atoms with van der Waals surface area (Å²) in [6, 6.07) is 6.00. The molecule has 1 aromatic rings. The predicted octanol–water partition coefficient (Wildman–Crippen LogP) is 3.27. The molecule has 0 bridgehead atoms. The van der Waals surface area contributed by atoms with Crippen molar-refractivity contribution in [3.05, 3.63) is 23.8 Å². The van der Waals surface area contributed by atoms with Gasteiger partial charge in [-0.05, 0) is 44.4 Å². The molecule has 0 amide bonds. The second kappa shape index (κ2) is 10.6. The summed E-state index contributed by atoms with van der Waals surface area (Å²) < 4.78 is 10.9. The van der Waals surface area contributed by atoms with Gasteiger partial charge in [-0.25, -0.2) is 4.99 Å². The first-order valence-corrected chi connectivity index (χ1v) is 8.11. The van der Waals surface area contributed by atoms with Crippen LogP contribution in [-0.4, -0.2) is 44.2 Å². The molecule has 23 heavy (non-hydrogen) atoms. The van der Waals surface area contributed by atoms with E-state index < -0.39 is 0 Å². The van der Waals surface area contributed by atoms with Crippen molar-refractivity contribution in [3.63, 3.8) is 0 Å². The Morgan fingerprint density at radius 3 is 2.57 bits per heavy atom. The highest BCUT2D eigenvalue weighted by atomic mass is 127. The third-order valence-corrected chi connectivity index (χ3v) is 3.68. The molecule has 0 aliphatic carbocycles. The Morgan fingerprint density at radius 1 is 1.22 bits per heavy atom. The van der Waals surface area contributed by atoms with Crippen LogP contribution in [0.15, 0.2) is 23.2 Å². The number of nitrogens with one attached hydrogen (secondary N) is 1. The molecule has 0 aromatic heterocycles. The lowest BCUT2D eigenvalue weighted by Crippen LogP contribution is -2.39. The van der Waals surface area contributed by atoms with Crippen molar-refractivity contribution in [2.45, 2.75) is 33.2 Å². The molecule has 130 valence electrons. The van der Waals surface area contributed by atoms with Crippen LogP contribution in [0.4, 0.5) is 0 Å². The maximum atomic E-state index is 5.55. The number of rotatable bonds is 6. The Labute approximate surface area is 156 Å². The number of benzene rings is 1. The van der Waals surface area contributed by atoms with Gasteiger partial charge in [0.1, 0.15) is 0 Å². The van der Waals surface area contributed by atoms with Gasteiger partial charge in [0.2, 0.25) is 0 Å². The molecular formula is C17H28IN3O2. The van der Waals surface area contributed by atoms with Gasteiger partial charge in [0.15, 0.2) is 17.5 Å². The van der Waals surface area contributed by atoms with E-state index in [0.29, 0.717) is 13.2 Å². The van der Waals surface area contributed by atoms with E-state index in [1.165, 1.54) is 12.8 Å². The molecule has 0 radical (unpaired) electrons. The number of ether oxygens (including phenoxy) is 2. The van der Waals surface area contributed by atoms with E-state index in [9.17, 15) is 0 Å². The highest BCUT2D eigenvalue weighted by Crippen LogP contribution is 2.28. The molecule has 1 N–H and O–H groups in total. The first-order valence-electron chi connectivity index (χ1n) is 8.11. The molecule has 1 heterocycles. The zero-order chi connectivity index (χ0) is 15.8. The van der Waals surface area contributed by atoms with Gasteiger partial charge in [-0.1, -0.05) is 6.07 Å². The molecule has 1 aliphatic heterocycles. The molecule has 1 fully saturated rings. The van der Waals surface area contributed by atoms with E-state index in [4.69, 9.17) is 14.5 Å². The average molecular weight is 433 g/mol. The van der Waals surface area contributed by atoms with Crippen LogP contribution >= 0.6 is 24.0 Å². The van der Waals surface area contributed by atoms with E-state index in [1.54, 1.807) is 7.11 Å². The summed E-state index contributed by atoms with van der Waals surface area (Å²) in [6.07, 6.45) is 2.50. The van der Waals surface area contributed by atoms with Crippen LogP contribution in [0.1, 0.15) is 32.3 Å². The van der Waals surface area contributed by atoms with Crippen LogP contribution < -0.4 is 14.8 Å². The molecule has 0 saturated carbocycles. The molecule has 5 nitrogen and oxygen atoms in total. The molecule has 0 spiro atoms. The Morgan fingerprint density at radius 2 is 1.96 bits per heavy atom. The lowest BCUT2D eigenvalue weighted by atomic mass is 10.2. The largest absolute Gasteiger partial charge is 0.493 e. The number of aliphatic imine (C=N–C) groups is 1. The quantitative estimate of drug-likeness (QED) is 0.425. The molecule has 2 rings (SSSR count). The average Bonchev–Trinajstić information content (AvgIpc) is 3.07. The molecule has 1 saturated heterocycles. The number of methoxy groups -OCH3 is 1. The van der Waals surface area contributed by atoms with E-state index >= 15 is 0 Å². The molecule has 1 aromatic carbocycles. The molecule has 6 heteroatoms. The van der Waals surface area contributed by atoms with Gasteiger partial charge in [0, 0.05) is 19.6 Å². The SMILES string of the molecule is CCNC(=NCc1ccc(OCC)c(OC)c1)N1CCCC1.I. The predicted molar refractivity (Wildman–Crippen MR) is 105 cm³/mol. The Hall–Kier alpha value is -1.18. The first kappa shape index (κ1) is 19.9. The number of guanidine groups is 1. The van der Waals surface area contributed by atoms with E-state index in [1.807, 2.05) is 25.1 Å². The minimum atomic E-state index is 0. The lowest BCUT2D eigenvalue weighted by molar-refractivity contribution is 0.310. The van der Waals surface area contributed by atoms with Gasteiger partial charge in [-0.15, -0.1) is 24.0 Å². The van der Waals surface area contributed by atoms with Crippen molar-refractivity contribution >= 4 is 29.9 Å². The van der Waals surface area contributed by atoms with Crippen LogP contribution in [0.3, 0.4) is 0 Å². The number of hydrogen-bond donors (Lipinski definition) is 1. The fraction of sp³-hybridized carbons (Fsp3) is 0.588. The van der Waals surface area contributed by atoms with Crippen molar-refractivity contribution < 1.29 is 9.47 Å². The molecule has 1 aliphatic rings. The molecular weight excluding hydrogens is 405 g/mol. The van der Waals surface area contributed by atoms with Gasteiger partial charge in [0.05, 0.1) is 20.3 Å². The summed E-state index contributed by atoms with van der Waals surface area (Å²) in [5.74, 6) is 2.55. The third-order valence-electron chi connectivity index (χ3n) is 3.68. The third kappa shape index (κ3) is 5.75. The minimum Gasteiger partial charge on any atom is -0.493 e. The van der Waals surface area contributed by atoms with Crippen LogP contribution in [0.25, 0.3) is 0 Å². The van der Waals surface area contributed by atoms with Crippen molar-refractivity contribution in [2.75, 3.05) is 33.4 Å². The molecule has 0 unspecified atom stereocenters. The van der Waals surface area contributed by atoms with Crippen molar-refractivity contribution in [3.8, 4) is 11.5 Å². The summed E-state index contributed by atoms with van der Waals surface area (Å²) in [4.78, 5) is 7.08. The zero-order valence-electron chi connectivity index (χ0n) is 14.3. The van der Waals surface area contributed by atoms with Gasteiger partial charge in [0.25, 0.3) is 0 Å². The highest BCUT2D eigenvalue weighted by Gasteiger charge is 2.15. The number of hydrogen-bond acceptors (Lipinski definition) is 3. The maximum Gasteiger partial charge on any atom is 0.194 e. The minimum absolute atomic E-state index is 0. The van der Waals surface area contributed by atoms with Gasteiger partial charge >= 0.3 is 0 Å². The second-order valence-corrected chi connectivity index (χ2v) is 5.28. The number of likely N-dealkylation sites (tertiary alicyclic amines) is 1. The lowest BCUT2D eigenvalue weighted by Gasteiger charge is -2.20. The van der Waals surface area contributed by atoms with Crippen LogP contribution in [-0.2, 0) is 6.54 Å². The fourth-order valence-electron chi connectivity index (χ4n) is 2.61. The maximum absolute atomic E-state index is 5.55. The van der Waals surface area contributed by atoms with E-state index in [-0.39, 0.29) is 24.0 Å². The van der Waals surface area contributed by atoms with Crippen LogP contribution in [0.2, 0.25) is 0 Å². The topological polar surface area (TPSA) is 46.1 Å². The van der Waals surface area contributed by atoms with Crippen molar-refractivity contribution in [2.24, 2.45) is 4.99 Å². The van der Waals surface area contributed by atoms with Crippen molar-refractivity contribution in [1.29, 1.82) is 0 Å². The Balaban J connectivity index is 0.00000264. The summed E-state index contributed by atoms with van der Waals surface area (Å²) >= 11 is 0. The van der Waals surface area contributed by atoms with Crippen molar-refractivity contribution in [1.82, 2.24) is 10.2 Å². The van der Waals surface area contributed by atoms with Crippen LogP contribution in [0.5, 0.6) is 11.5 Å². The first-order chi connectivity index (χ1) is 10.8. The van der Waals surface area contributed by atoms with Gasteiger partial charge < -0.3 is 19.7 Å². The summed E-state index contributed by atoms with van der Waals surface area (Å²) in [7, 11) is 1.67. The fourth-order valence-corrected chi connectivity index (χ4v) is 2.61. The normalized spacial score (nSPS) is 14.4. The summed E-state index contributed by atoms with van der Waals surface area (Å²) in [5.41, 5.74) is 1.12. The highest BCUT2D eigenvalue weighted by molar-refractivity contribution is 14.0. The van der Waals surface area contributed by atoms with Gasteiger partial charge in [-0.3, -0.25) is 0 Å². The van der Waals surface area contributed by atoms with Crippen LogP contribution in [0, 0.1) is 0 Å².